The highest BCUT2D eigenvalue weighted by molar-refractivity contribution is 7.88. The Morgan fingerprint density at radius 2 is 1.83 bits per heavy atom. The Kier molecular flexibility index (Phi) is 8.49. The molecule has 0 unspecified atom stereocenters. The first-order valence-corrected chi connectivity index (χ1v) is 15.8. The number of ether oxygens (including phenoxy) is 1. The molecule has 2 aliphatic rings. The van der Waals surface area contributed by atoms with Crippen LogP contribution in [0.25, 0.3) is 22.4 Å². The monoisotopic (exact) mass is 583 g/mol. The Hall–Kier alpha value is -3.28. The minimum absolute atomic E-state index is 0.194. The quantitative estimate of drug-likeness (QED) is 0.264. The standard InChI is InChI=1S/C30H37N3O7S/c1-19-5-7-21(8-6-19)26-25(27(34)31-2)23-17-22(20-9-10-20)24(33-28(23)40-26)18-41(37,38)32-14-4-3-11-30(29(35)36)12-15-39-16-13-30/h5-8,17,20,32H,3-4,9-16,18H2,1-2H3,(H,31,34)(H,35,36). The van der Waals surface area contributed by atoms with Crippen molar-refractivity contribution in [3.8, 4) is 11.3 Å². The SMILES string of the molecule is CNC(=O)c1c(-c2ccc(C)cc2)oc2nc(CS(=O)(=O)NCCCCC3(C(=O)O)CCOCC3)c(C3CC3)cc12. The molecular formula is C30H37N3O7S. The highest BCUT2D eigenvalue weighted by Crippen LogP contribution is 2.44. The molecule has 1 aliphatic carbocycles. The van der Waals surface area contributed by atoms with E-state index in [0.717, 1.165) is 29.5 Å². The molecule has 41 heavy (non-hydrogen) atoms. The summed E-state index contributed by atoms with van der Waals surface area (Å²) in [5, 5.41) is 13.0. The fraction of sp³-hybridized carbons (Fsp3) is 0.500. The summed E-state index contributed by atoms with van der Waals surface area (Å²) in [6.07, 6.45) is 4.45. The van der Waals surface area contributed by atoms with Crippen molar-refractivity contribution < 1.29 is 32.3 Å². The van der Waals surface area contributed by atoms with Crippen molar-refractivity contribution >= 4 is 33.0 Å². The smallest absolute Gasteiger partial charge is 0.309 e. The van der Waals surface area contributed by atoms with Crippen molar-refractivity contribution in [2.24, 2.45) is 5.41 Å². The van der Waals surface area contributed by atoms with Gasteiger partial charge in [0.25, 0.3) is 5.91 Å². The number of rotatable bonds is 12. The van der Waals surface area contributed by atoms with Gasteiger partial charge < -0.3 is 19.6 Å². The van der Waals surface area contributed by atoms with Gasteiger partial charge in [-0.1, -0.05) is 36.2 Å². The number of fused-ring (bicyclic) bond motifs is 1. The fourth-order valence-electron chi connectivity index (χ4n) is 5.58. The van der Waals surface area contributed by atoms with Gasteiger partial charge >= 0.3 is 5.97 Å². The van der Waals surface area contributed by atoms with E-state index in [0.29, 0.717) is 67.7 Å². The number of unbranched alkanes of at least 4 members (excludes halogenated alkanes) is 1. The number of furan rings is 1. The van der Waals surface area contributed by atoms with E-state index in [-0.39, 0.29) is 29.8 Å². The van der Waals surface area contributed by atoms with Gasteiger partial charge in [0.15, 0.2) is 0 Å². The number of carbonyl (C=O) groups excluding carboxylic acids is 1. The molecule has 5 rings (SSSR count). The number of carboxylic acid groups (broad SMARTS) is 1. The molecule has 0 radical (unpaired) electrons. The Bertz CT molecular complexity index is 1540. The van der Waals surface area contributed by atoms with Crippen LogP contribution in [0.1, 0.15) is 78.0 Å². The molecule has 1 amide bonds. The second-order valence-corrected chi connectivity index (χ2v) is 13.0. The summed E-state index contributed by atoms with van der Waals surface area (Å²) < 4.78 is 40.3. The highest BCUT2D eigenvalue weighted by atomic mass is 32.2. The maximum atomic E-state index is 13.1. The molecular weight excluding hydrogens is 546 g/mol. The molecule has 220 valence electrons. The van der Waals surface area contributed by atoms with Gasteiger partial charge in [-0.2, -0.15) is 0 Å². The van der Waals surface area contributed by atoms with Crippen LogP contribution < -0.4 is 10.0 Å². The van der Waals surface area contributed by atoms with Crippen molar-refractivity contribution in [2.75, 3.05) is 26.8 Å². The third-order valence-corrected chi connectivity index (χ3v) is 9.51. The van der Waals surface area contributed by atoms with Gasteiger partial charge in [0.05, 0.1) is 22.1 Å². The van der Waals surface area contributed by atoms with E-state index in [2.05, 4.69) is 15.0 Å². The third kappa shape index (κ3) is 6.47. The summed E-state index contributed by atoms with van der Waals surface area (Å²) in [4.78, 5) is 29.5. The first-order valence-electron chi connectivity index (χ1n) is 14.2. The van der Waals surface area contributed by atoms with Crippen LogP contribution >= 0.6 is 0 Å². The number of nitrogens with one attached hydrogen (secondary N) is 2. The normalized spacial score (nSPS) is 17.0. The van der Waals surface area contributed by atoms with E-state index in [1.165, 1.54) is 0 Å². The van der Waals surface area contributed by atoms with Gasteiger partial charge in [-0.3, -0.25) is 9.59 Å². The Morgan fingerprint density at radius 3 is 2.46 bits per heavy atom. The topological polar surface area (TPSA) is 148 Å². The molecule has 1 aliphatic heterocycles. The van der Waals surface area contributed by atoms with E-state index in [4.69, 9.17) is 9.15 Å². The van der Waals surface area contributed by atoms with Gasteiger partial charge in [0.1, 0.15) is 11.5 Å². The largest absolute Gasteiger partial charge is 0.481 e. The Labute approximate surface area is 239 Å². The highest BCUT2D eigenvalue weighted by Gasteiger charge is 2.39. The molecule has 0 spiro atoms. The predicted octanol–water partition coefficient (Wildman–Crippen LogP) is 4.51. The molecule has 0 bridgehead atoms. The lowest BCUT2D eigenvalue weighted by molar-refractivity contribution is -0.155. The second kappa shape index (κ2) is 11.9. The zero-order chi connectivity index (χ0) is 29.2. The number of aliphatic carboxylic acids is 1. The number of aryl methyl sites for hydroxylation is 1. The Balaban J connectivity index is 1.33. The minimum Gasteiger partial charge on any atom is -0.481 e. The van der Waals surface area contributed by atoms with Gasteiger partial charge in [-0.15, -0.1) is 0 Å². The van der Waals surface area contributed by atoms with E-state index < -0.39 is 21.4 Å². The molecule has 11 heteroatoms. The zero-order valence-corrected chi connectivity index (χ0v) is 24.3. The molecule has 1 saturated carbocycles. The predicted molar refractivity (Wildman–Crippen MR) is 154 cm³/mol. The lowest BCUT2D eigenvalue weighted by Crippen LogP contribution is -2.37. The van der Waals surface area contributed by atoms with Crippen molar-refractivity contribution in [3.05, 3.63) is 52.7 Å². The van der Waals surface area contributed by atoms with Gasteiger partial charge in [-0.05, 0) is 63.0 Å². The van der Waals surface area contributed by atoms with Crippen LogP contribution in [0.3, 0.4) is 0 Å². The molecule has 10 nitrogen and oxygen atoms in total. The maximum Gasteiger partial charge on any atom is 0.309 e. The number of carboxylic acids is 1. The number of pyridine rings is 1. The van der Waals surface area contributed by atoms with Gasteiger partial charge in [-0.25, -0.2) is 18.1 Å². The third-order valence-electron chi connectivity index (χ3n) is 8.21. The van der Waals surface area contributed by atoms with Crippen molar-refractivity contribution in [1.82, 2.24) is 15.0 Å². The molecule has 3 N–H and O–H groups in total. The van der Waals surface area contributed by atoms with E-state index >= 15 is 0 Å². The summed E-state index contributed by atoms with van der Waals surface area (Å²) in [5.74, 6) is -0.815. The van der Waals surface area contributed by atoms with Crippen LogP contribution in [0.4, 0.5) is 0 Å². The van der Waals surface area contributed by atoms with Gasteiger partial charge in [0.2, 0.25) is 15.7 Å². The van der Waals surface area contributed by atoms with Crippen LogP contribution in [-0.4, -0.2) is 57.2 Å². The van der Waals surface area contributed by atoms with E-state index in [1.54, 1.807) is 7.05 Å². The number of benzene rings is 1. The van der Waals surface area contributed by atoms with E-state index in [1.807, 2.05) is 37.3 Å². The molecule has 3 aromatic rings. The lowest BCUT2D eigenvalue weighted by atomic mass is 9.76. The average Bonchev–Trinajstić information content (AvgIpc) is 3.73. The molecule has 2 fully saturated rings. The molecule has 1 saturated heterocycles. The molecule has 2 aromatic heterocycles. The van der Waals surface area contributed by atoms with Crippen LogP contribution in [0.5, 0.6) is 0 Å². The number of hydrogen-bond acceptors (Lipinski definition) is 7. The van der Waals surface area contributed by atoms with Gasteiger partial charge in [0, 0.05) is 32.4 Å². The molecule has 0 atom stereocenters. The van der Waals surface area contributed by atoms with Crippen LogP contribution in [-0.2, 0) is 25.3 Å². The van der Waals surface area contributed by atoms with Crippen molar-refractivity contribution in [2.45, 2.75) is 63.5 Å². The summed E-state index contributed by atoms with van der Waals surface area (Å²) in [7, 11) is -2.16. The number of hydrogen-bond donors (Lipinski definition) is 3. The number of amides is 1. The first-order chi connectivity index (χ1) is 19.6. The maximum absolute atomic E-state index is 13.1. The zero-order valence-electron chi connectivity index (χ0n) is 23.5. The minimum atomic E-state index is -3.72. The number of aromatic nitrogens is 1. The summed E-state index contributed by atoms with van der Waals surface area (Å²) >= 11 is 0. The summed E-state index contributed by atoms with van der Waals surface area (Å²) in [6.45, 7) is 3.07. The number of nitrogens with zero attached hydrogens (tertiary/aromatic N) is 1. The van der Waals surface area contributed by atoms with Crippen LogP contribution in [0.2, 0.25) is 0 Å². The number of carbonyl (C=O) groups is 2. The Morgan fingerprint density at radius 1 is 1.12 bits per heavy atom. The van der Waals surface area contributed by atoms with E-state index in [9.17, 15) is 23.1 Å². The summed E-state index contributed by atoms with van der Waals surface area (Å²) in [6, 6.07) is 9.52. The number of sulfonamides is 1. The van der Waals surface area contributed by atoms with Crippen LogP contribution in [0, 0.1) is 12.3 Å². The first kappa shape index (κ1) is 29.2. The fourth-order valence-corrected chi connectivity index (χ4v) is 6.73. The van der Waals surface area contributed by atoms with Crippen molar-refractivity contribution in [3.63, 3.8) is 0 Å². The van der Waals surface area contributed by atoms with Crippen molar-refractivity contribution in [1.29, 1.82) is 0 Å². The second-order valence-electron chi connectivity index (χ2n) is 11.2. The molecule has 1 aromatic carbocycles. The lowest BCUT2D eigenvalue weighted by Gasteiger charge is -2.33. The molecule has 3 heterocycles. The average molecular weight is 584 g/mol. The van der Waals surface area contributed by atoms with Crippen LogP contribution in [0.15, 0.2) is 34.7 Å². The summed E-state index contributed by atoms with van der Waals surface area (Å²) in [5.41, 5.74) is 2.89.